The van der Waals surface area contributed by atoms with Crippen LogP contribution in [0.1, 0.15) is 11.1 Å². The molecule has 0 bridgehead atoms. The van der Waals surface area contributed by atoms with Crippen LogP contribution in [0.4, 0.5) is 0 Å². The van der Waals surface area contributed by atoms with Crippen LogP contribution in [0.15, 0.2) is 55.1 Å². The first-order valence-corrected chi connectivity index (χ1v) is 4.57. The van der Waals surface area contributed by atoms with E-state index in [1.807, 2.05) is 30.3 Å². The molecule has 0 spiro atoms. The summed E-state index contributed by atoms with van der Waals surface area (Å²) in [4.78, 5) is 0. The van der Waals surface area contributed by atoms with E-state index in [0.717, 1.165) is 0 Å². The molecule has 0 unspecified atom stereocenters. The summed E-state index contributed by atoms with van der Waals surface area (Å²) in [6.45, 7) is 11.2. The van der Waals surface area contributed by atoms with Crippen LogP contribution < -0.4 is 0 Å². The summed E-state index contributed by atoms with van der Waals surface area (Å²) in [6.07, 6.45) is 0. The van der Waals surface area contributed by atoms with E-state index in [1.54, 1.807) is 0 Å². The molecule has 1 heteroatoms. The Balaban J connectivity index is -0.000000169. The molecule has 0 saturated heterocycles. The first kappa shape index (κ1) is 20.7. The van der Waals surface area contributed by atoms with E-state index in [4.69, 9.17) is 0 Å². The minimum Gasteiger partial charge on any atom is -0.521 e. The second-order valence-corrected chi connectivity index (χ2v) is 2.85. The summed E-state index contributed by atoms with van der Waals surface area (Å²) in [5.41, 5.74) is 2.78. The van der Waals surface area contributed by atoms with Crippen molar-refractivity contribution in [3.63, 3.8) is 0 Å². The van der Waals surface area contributed by atoms with Gasteiger partial charge in [0.1, 0.15) is 0 Å². The molecule has 2 rings (SSSR count). The Morgan fingerprint density at radius 3 is 1.44 bits per heavy atom. The van der Waals surface area contributed by atoms with Gasteiger partial charge in [-0.1, -0.05) is 13.8 Å². The van der Waals surface area contributed by atoms with Gasteiger partial charge in [0.2, 0.25) is 0 Å². The molecule has 0 saturated carbocycles. The van der Waals surface area contributed by atoms with Crippen molar-refractivity contribution in [2.75, 3.05) is 0 Å². The molecule has 0 fully saturated rings. The quantitative estimate of drug-likeness (QED) is 0.468. The monoisotopic (exact) mass is 380 g/mol. The third-order valence-corrected chi connectivity index (χ3v) is 1.87. The Morgan fingerprint density at radius 2 is 1.31 bits per heavy atom. The SMILES string of the molecule is Cc1c[cH-]cc1C.[CH-]=C.[CH3-].[Hf+4].c1cc[cH-]c1. The van der Waals surface area contributed by atoms with Crippen LogP contribution >= 0.6 is 0 Å². The Bertz CT molecular complexity index is 270. The van der Waals surface area contributed by atoms with Crippen LogP contribution in [-0.4, -0.2) is 0 Å². The van der Waals surface area contributed by atoms with Gasteiger partial charge in [-0.2, -0.15) is 47.5 Å². The number of hydrogen-bond donors (Lipinski definition) is 0. The summed E-state index contributed by atoms with van der Waals surface area (Å²) in [5.74, 6) is 0. The molecule has 0 N–H and O–H groups in total. The standard InChI is InChI=1S/C7H9.C5H5.C2H3.CH3.Hf/c1-6-4-3-5-7(6)2;1-2-4-5-3-1;1-2;;/h3-5H,1-2H3;1-5H;1H,2H2;1H3;/q4*-1;+4. The minimum atomic E-state index is 0. The summed E-state index contributed by atoms with van der Waals surface area (Å²) >= 11 is 0. The molecule has 84 valence electrons. The smallest absolute Gasteiger partial charge is 0.521 e. The Labute approximate surface area is 120 Å². The molecule has 0 nitrogen and oxygen atoms in total. The normalized spacial score (nSPS) is 6.88. The summed E-state index contributed by atoms with van der Waals surface area (Å²) < 4.78 is 0. The third-order valence-electron chi connectivity index (χ3n) is 1.87. The molecule has 0 radical (unpaired) electrons. The van der Waals surface area contributed by atoms with E-state index in [9.17, 15) is 0 Å². The van der Waals surface area contributed by atoms with Crippen molar-refractivity contribution in [3.8, 4) is 0 Å². The molecule has 0 heterocycles. The molecular weight excluding hydrogens is 359 g/mol. The molecular formula is C15H20Hf. The summed E-state index contributed by atoms with van der Waals surface area (Å²) in [5, 5.41) is 0. The van der Waals surface area contributed by atoms with Gasteiger partial charge in [-0.05, 0) is 0 Å². The van der Waals surface area contributed by atoms with E-state index >= 15 is 0 Å². The number of rotatable bonds is 0. The first-order chi connectivity index (χ1) is 6.80. The van der Waals surface area contributed by atoms with Crippen molar-refractivity contribution in [3.05, 3.63) is 80.2 Å². The molecule has 2 aromatic rings. The minimum absolute atomic E-state index is 0. The van der Waals surface area contributed by atoms with Gasteiger partial charge >= 0.3 is 25.8 Å². The van der Waals surface area contributed by atoms with Gasteiger partial charge in [0.05, 0.1) is 0 Å². The van der Waals surface area contributed by atoms with Crippen molar-refractivity contribution in [2.24, 2.45) is 0 Å². The van der Waals surface area contributed by atoms with Crippen LogP contribution in [0, 0.1) is 27.9 Å². The van der Waals surface area contributed by atoms with Crippen molar-refractivity contribution >= 4 is 0 Å². The largest absolute Gasteiger partial charge is 4.00 e. The molecule has 0 atom stereocenters. The van der Waals surface area contributed by atoms with Gasteiger partial charge < -0.3 is 14.0 Å². The third kappa shape index (κ3) is 9.85. The Morgan fingerprint density at radius 1 is 0.938 bits per heavy atom. The molecule has 0 aliphatic carbocycles. The predicted octanol–water partition coefficient (Wildman–Crippen LogP) is 4.48. The van der Waals surface area contributed by atoms with Gasteiger partial charge in [0.15, 0.2) is 0 Å². The van der Waals surface area contributed by atoms with Crippen LogP contribution in [-0.2, 0) is 25.8 Å². The molecule has 16 heavy (non-hydrogen) atoms. The molecule has 0 aromatic heterocycles. The van der Waals surface area contributed by atoms with Gasteiger partial charge in [-0.15, -0.1) is 0 Å². The van der Waals surface area contributed by atoms with Gasteiger partial charge in [-0.3, -0.25) is 6.58 Å². The maximum Gasteiger partial charge on any atom is 4.00 e. The van der Waals surface area contributed by atoms with Gasteiger partial charge in [0.25, 0.3) is 0 Å². The van der Waals surface area contributed by atoms with E-state index in [2.05, 4.69) is 45.2 Å². The first-order valence-electron chi connectivity index (χ1n) is 4.57. The van der Waals surface area contributed by atoms with E-state index in [-0.39, 0.29) is 33.3 Å². The van der Waals surface area contributed by atoms with E-state index < -0.39 is 0 Å². The van der Waals surface area contributed by atoms with E-state index in [1.165, 1.54) is 11.1 Å². The average molecular weight is 379 g/mol. The number of aryl methyl sites for hydroxylation is 2. The van der Waals surface area contributed by atoms with Crippen LogP contribution in [0.2, 0.25) is 0 Å². The van der Waals surface area contributed by atoms with E-state index in [0.29, 0.717) is 0 Å². The Kier molecular flexibility index (Phi) is 18.5. The van der Waals surface area contributed by atoms with Crippen molar-refractivity contribution in [1.82, 2.24) is 0 Å². The summed E-state index contributed by atoms with van der Waals surface area (Å²) in [7, 11) is 0. The Hall–Kier alpha value is -0.690. The van der Waals surface area contributed by atoms with Crippen LogP contribution in [0.25, 0.3) is 0 Å². The van der Waals surface area contributed by atoms with Crippen LogP contribution in [0.5, 0.6) is 0 Å². The molecule has 0 amide bonds. The van der Waals surface area contributed by atoms with Crippen molar-refractivity contribution in [1.29, 1.82) is 0 Å². The molecule has 0 aliphatic rings. The van der Waals surface area contributed by atoms with Gasteiger partial charge in [0, 0.05) is 0 Å². The fraction of sp³-hybridized carbons (Fsp3) is 0.133. The zero-order valence-electron chi connectivity index (χ0n) is 10.4. The molecule has 2 aromatic carbocycles. The zero-order valence-corrected chi connectivity index (χ0v) is 14.0. The maximum absolute atomic E-state index is 4.25. The predicted molar refractivity (Wildman–Crippen MR) is 69.9 cm³/mol. The number of hydrogen-bond acceptors (Lipinski definition) is 0. The maximum atomic E-state index is 4.25. The summed E-state index contributed by atoms with van der Waals surface area (Å²) in [6, 6.07) is 16.3. The fourth-order valence-corrected chi connectivity index (χ4v) is 0.920. The van der Waals surface area contributed by atoms with Crippen molar-refractivity contribution < 1.29 is 25.8 Å². The van der Waals surface area contributed by atoms with Crippen molar-refractivity contribution in [2.45, 2.75) is 13.8 Å². The second-order valence-electron chi connectivity index (χ2n) is 2.85. The topological polar surface area (TPSA) is 0 Å². The molecule has 0 aliphatic heterocycles. The fourth-order valence-electron chi connectivity index (χ4n) is 0.920. The van der Waals surface area contributed by atoms with Gasteiger partial charge in [-0.25, -0.2) is 12.1 Å². The average Bonchev–Trinajstić information content (AvgIpc) is 2.86. The zero-order chi connectivity index (χ0) is 10.8. The van der Waals surface area contributed by atoms with Crippen LogP contribution in [0.3, 0.4) is 0 Å². The second kappa shape index (κ2) is 14.3.